The molecule has 0 aromatic carbocycles. The fourth-order valence-electron chi connectivity index (χ4n) is 2.07. The Morgan fingerprint density at radius 3 is 2.88 bits per heavy atom. The molecule has 0 saturated carbocycles. The second kappa shape index (κ2) is 6.54. The number of hydroxylamine groups is 1. The molecular formula is C14H23NO. The van der Waals surface area contributed by atoms with Crippen LogP contribution in [0.25, 0.3) is 0 Å². The molecule has 0 amide bonds. The van der Waals surface area contributed by atoms with Gasteiger partial charge in [-0.3, -0.25) is 10.7 Å². The van der Waals surface area contributed by atoms with Gasteiger partial charge >= 0.3 is 0 Å². The van der Waals surface area contributed by atoms with E-state index in [2.05, 4.69) is 38.1 Å². The van der Waals surface area contributed by atoms with Crippen LogP contribution in [0.2, 0.25) is 0 Å². The molecule has 0 aromatic rings. The fourth-order valence-corrected chi connectivity index (χ4v) is 2.07. The maximum absolute atomic E-state index is 8.78. The molecule has 0 bridgehead atoms. The summed E-state index contributed by atoms with van der Waals surface area (Å²) in [5, 5.41) is 8.78. The summed E-state index contributed by atoms with van der Waals surface area (Å²) in [4.78, 5) is 0. The van der Waals surface area contributed by atoms with Gasteiger partial charge in [0, 0.05) is 11.6 Å². The van der Waals surface area contributed by atoms with Crippen molar-refractivity contribution in [2.24, 2.45) is 5.92 Å². The quantitative estimate of drug-likeness (QED) is 0.544. The summed E-state index contributed by atoms with van der Waals surface area (Å²) in [5.41, 5.74) is 5.87. The van der Waals surface area contributed by atoms with Crippen molar-refractivity contribution in [2.75, 3.05) is 0 Å². The van der Waals surface area contributed by atoms with Gasteiger partial charge in [-0.05, 0) is 46.0 Å². The van der Waals surface area contributed by atoms with Crippen LogP contribution in [0.5, 0.6) is 0 Å². The van der Waals surface area contributed by atoms with Gasteiger partial charge in [-0.1, -0.05) is 29.9 Å². The van der Waals surface area contributed by atoms with E-state index in [-0.39, 0.29) is 0 Å². The van der Waals surface area contributed by atoms with Crippen molar-refractivity contribution in [1.29, 1.82) is 0 Å². The van der Waals surface area contributed by atoms with Crippen molar-refractivity contribution < 1.29 is 5.21 Å². The number of allylic oxidation sites excluding steroid dienone is 5. The lowest BCUT2D eigenvalue weighted by Gasteiger charge is -2.22. The molecule has 0 aromatic heterocycles. The molecule has 2 N–H and O–H groups in total. The number of rotatable bonds is 5. The third-order valence-electron chi connectivity index (χ3n) is 3.16. The van der Waals surface area contributed by atoms with Gasteiger partial charge in [0.05, 0.1) is 0 Å². The maximum Gasteiger partial charge on any atom is 0.0338 e. The number of nitrogens with one attached hydrogen (secondary N) is 1. The summed E-state index contributed by atoms with van der Waals surface area (Å²) >= 11 is 0. The molecule has 0 fully saturated rings. The summed E-state index contributed by atoms with van der Waals surface area (Å²) in [7, 11) is 0. The third kappa shape index (κ3) is 4.23. The van der Waals surface area contributed by atoms with Gasteiger partial charge in [0.1, 0.15) is 0 Å². The zero-order chi connectivity index (χ0) is 12.0. The first-order chi connectivity index (χ1) is 7.63. The third-order valence-corrected chi connectivity index (χ3v) is 3.16. The Hall–Kier alpha value is -1.02. The van der Waals surface area contributed by atoms with Crippen LogP contribution >= 0.6 is 0 Å². The lowest BCUT2D eigenvalue weighted by molar-refractivity contribution is 0.183. The Balaban J connectivity index is 2.35. The molecule has 1 rings (SSSR count). The summed E-state index contributed by atoms with van der Waals surface area (Å²) < 4.78 is 0. The van der Waals surface area contributed by atoms with Crippen molar-refractivity contribution in [3.8, 4) is 0 Å². The smallest absolute Gasteiger partial charge is 0.0338 e. The summed E-state index contributed by atoms with van der Waals surface area (Å²) in [5.74, 6) is 0.400. The Morgan fingerprint density at radius 2 is 2.38 bits per heavy atom. The molecule has 2 nitrogen and oxygen atoms in total. The van der Waals surface area contributed by atoms with E-state index < -0.39 is 0 Å². The molecule has 0 unspecified atom stereocenters. The van der Waals surface area contributed by atoms with Crippen LogP contribution in [-0.4, -0.2) is 5.21 Å². The van der Waals surface area contributed by atoms with Crippen LogP contribution in [0, 0.1) is 5.92 Å². The predicted molar refractivity (Wildman–Crippen MR) is 68.2 cm³/mol. The average molecular weight is 221 g/mol. The lowest BCUT2D eigenvalue weighted by Crippen LogP contribution is -2.17. The Bertz CT molecular complexity index is 298. The van der Waals surface area contributed by atoms with E-state index in [9.17, 15) is 0 Å². The normalized spacial score (nSPS) is 19.9. The van der Waals surface area contributed by atoms with E-state index in [0.717, 1.165) is 31.4 Å². The minimum Gasteiger partial charge on any atom is -0.291 e. The lowest BCUT2D eigenvalue weighted by atomic mass is 9.86. The van der Waals surface area contributed by atoms with Crippen molar-refractivity contribution in [3.63, 3.8) is 0 Å². The van der Waals surface area contributed by atoms with Crippen molar-refractivity contribution in [2.45, 2.75) is 46.0 Å². The van der Waals surface area contributed by atoms with Gasteiger partial charge < -0.3 is 0 Å². The standard InChI is InChI=1S/C14H23NO/c1-11(2)5-4-6-13-7-9-14(10-8-13)12(3)15-16/h5,7,14-16H,3-4,6,8-10H2,1-2H3/t14-/m1/s1. The number of hydrogen-bond acceptors (Lipinski definition) is 2. The first-order valence-electron chi connectivity index (χ1n) is 6.03. The van der Waals surface area contributed by atoms with E-state index in [1.807, 2.05) is 0 Å². The zero-order valence-electron chi connectivity index (χ0n) is 10.4. The molecular weight excluding hydrogens is 198 g/mol. The highest BCUT2D eigenvalue weighted by Crippen LogP contribution is 2.29. The number of hydrogen-bond donors (Lipinski definition) is 2. The van der Waals surface area contributed by atoms with Gasteiger partial charge in [0.2, 0.25) is 0 Å². The molecule has 0 aliphatic heterocycles. The van der Waals surface area contributed by atoms with Gasteiger partial charge in [-0.15, -0.1) is 0 Å². The monoisotopic (exact) mass is 221 g/mol. The highest BCUT2D eigenvalue weighted by Gasteiger charge is 2.16. The summed E-state index contributed by atoms with van der Waals surface area (Å²) in [6, 6.07) is 0. The van der Waals surface area contributed by atoms with E-state index in [1.165, 1.54) is 12.0 Å². The van der Waals surface area contributed by atoms with Crippen molar-refractivity contribution in [1.82, 2.24) is 5.48 Å². The van der Waals surface area contributed by atoms with Crippen LogP contribution < -0.4 is 5.48 Å². The topological polar surface area (TPSA) is 32.3 Å². The Labute approximate surface area is 98.7 Å². The van der Waals surface area contributed by atoms with Gasteiger partial charge in [-0.2, -0.15) is 0 Å². The van der Waals surface area contributed by atoms with Gasteiger partial charge in [-0.25, -0.2) is 0 Å². The highest BCUT2D eigenvalue weighted by atomic mass is 16.5. The van der Waals surface area contributed by atoms with Crippen LogP contribution in [-0.2, 0) is 0 Å². The van der Waals surface area contributed by atoms with E-state index in [1.54, 1.807) is 5.57 Å². The van der Waals surface area contributed by atoms with Crippen LogP contribution in [0.4, 0.5) is 0 Å². The predicted octanol–water partition coefficient (Wildman–Crippen LogP) is 3.95. The SMILES string of the molecule is C=C(NO)[C@@H]1CC=C(CCC=C(C)C)CC1. The van der Waals surface area contributed by atoms with Crippen LogP contribution in [0.3, 0.4) is 0 Å². The zero-order valence-corrected chi connectivity index (χ0v) is 10.4. The Morgan fingerprint density at radius 1 is 1.62 bits per heavy atom. The molecule has 1 aliphatic rings. The molecule has 2 heteroatoms. The fraction of sp³-hybridized carbons (Fsp3) is 0.571. The van der Waals surface area contributed by atoms with Crippen molar-refractivity contribution in [3.05, 3.63) is 35.6 Å². The minimum atomic E-state index is 0.400. The minimum absolute atomic E-state index is 0.400. The maximum atomic E-state index is 8.78. The van der Waals surface area contributed by atoms with E-state index in [0.29, 0.717) is 5.92 Å². The highest BCUT2D eigenvalue weighted by molar-refractivity contribution is 5.12. The molecule has 0 spiro atoms. The second-order valence-electron chi connectivity index (χ2n) is 4.79. The molecule has 0 radical (unpaired) electrons. The summed E-state index contributed by atoms with van der Waals surface area (Å²) in [6.45, 7) is 8.09. The molecule has 16 heavy (non-hydrogen) atoms. The second-order valence-corrected chi connectivity index (χ2v) is 4.79. The van der Waals surface area contributed by atoms with Crippen LogP contribution in [0.15, 0.2) is 35.6 Å². The average Bonchev–Trinajstić information content (AvgIpc) is 2.28. The van der Waals surface area contributed by atoms with E-state index >= 15 is 0 Å². The molecule has 1 aliphatic carbocycles. The Kier molecular flexibility index (Phi) is 5.33. The van der Waals surface area contributed by atoms with Gasteiger partial charge in [0.15, 0.2) is 0 Å². The molecule has 1 atom stereocenters. The summed E-state index contributed by atoms with van der Waals surface area (Å²) in [6.07, 6.45) is 10.2. The van der Waals surface area contributed by atoms with Crippen molar-refractivity contribution >= 4 is 0 Å². The first kappa shape index (κ1) is 13.0. The van der Waals surface area contributed by atoms with E-state index in [4.69, 9.17) is 5.21 Å². The van der Waals surface area contributed by atoms with Crippen LogP contribution in [0.1, 0.15) is 46.0 Å². The largest absolute Gasteiger partial charge is 0.291 e. The first-order valence-corrected chi connectivity index (χ1v) is 6.03. The molecule has 0 heterocycles. The molecule has 0 saturated heterocycles. The van der Waals surface area contributed by atoms with Gasteiger partial charge in [0.25, 0.3) is 0 Å². The molecule has 90 valence electrons.